The van der Waals surface area contributed by atoms with Crippen LogP contribution in [0.15, 0.2) is 50.8 Å². The second-order valence-corrected chi connectivity index (χ2v) is 5.59. The fraction of sp³-hybridized carbons (Fsp3) is 0.0714. The topological polar surface area (TPSA) is 105 Å². The first-order valence-electron chi connectivity index (χ1n) is 5.86. The van der Waals surface area contributed by atoms with Crippen LogP contribution in [0, 0.1) is 11.3 Å². The SMILES string of the molecule is COC(=O)/C=C\S/C(Nc1ccc(Br)cc1)=C(/C#N)C(N)=O. The first-order chi connectivity index (χ1) is 10.5. The lowest BCUT2D eigenvalue weighted by atomic mass is 10.3. The lowest BCUT2D eigenvalue weighted by molar-refractivity contribution is -0.134. The van der Waals surface area contributed by atoms with Gasteiger partial charge in [0.1, 0.15) is 16.7 Å². The molecule has 6 nitrogen and oxygen atoms in total. The maximum atomic E-state index is 11.3. The summed E-state index contributed by atoms with van der Waals surface area (Å²) in [6, 6.07) is 8.85. The largest absolute Gasteiger partial charge is 0.466 e. The minimum absolute atomic E-state index is 0.220. The van der Waals surface area contributed by atoms with Gasteiger partial charge in [-0.2, -0.15) is 5.26 Å². The van der Waals surface area contributed by atoms with Crippen molar-refractivity contribution >= 4 is 45.3 Å². The molecule has 0 bridgehead atoms. The van der Waals surface area contributed by atoms with Gasteiger partial charge >= 0.3 is 5.97 Å². The van der Waals surface area contributed by atoms with Crippen molar-refractivity contribution in [1.82, 2.24) is 0 Å². The molecule has 1 aromatic rings. The van der Waals surface area contributed by atoms with E-state index in [0.29, 0.717) is 5.69 Å². The quantitative estimate of drug-likeness (QED) is 0.445. The molecule has 0 heterocycles. The van der Waals surface area contributed by atoms with Crippen LogP contribution in [0.25, 0.3) is 0 Å². The van der Waals surface area contributed by atoms with Gasteiger partial charge in [0.2, 0.25) is 0 Å². The number of nitrogens with two attached hydrogens (primary N) is 1. The number of thioether (sulfide) groups is 1. The summed E-state index contributed by atoms with van der Waals surface area (Å²) in [5.41, 5.74) is 5.61. The lowest BCUT2D eigenvalue weighted by Gasteiger charge is -2.10. The number of ether oxygens (including phenoxy) is 1. The maximum absolute atomic E-state index is 11.3. The number of carbonyl (C=O) groups excluding carboxylic acids is 2. The smallest absolute Gasteiger partial charge is 0.330 e. The number of hydrogen-bond donors (Lipinski definition) is 2. The van der Waals surface area contributed by atoms with Crippen LogP contribution in [0.5, 0.6) is 0 Å². The summed E-state index contributed by atoms with van der Waals surface area (Å²) in [5, 5.41) is 13.6. The molecule has 0 saturated heterocycles. The van der Waals surface area contributed by atoms with Gasteiger partial charge in [-0.05, 0) is 29.7 Å². The fourth-order valence-electron chi connectivity index (χ4n) is 1.26. The van der Waals surface area contributed by atoms with Crippen LogP contribution < -0.4 is 11.1 Å². The minimum atomic E-state index is -0.860. The normalized spacial score (nSPS) is 11.5. The Labute approximate surface area is 140 Å². The number of benzene rings is 1. The number of amides is 1. The summed E-state index contributed by atoms with van der Waals surface area (Å²) >= 11 is 4.29. The van der Waals surface area contributed by atoms with Gasteiger partial charge in [-0.25, -0.2) is 4.79 Å². The summed E-state index contributed by atoms with van der Waals surface area (Å²) in [6.07, 6.45) is 1.17. The molecule has 0 saturated carbocycles. The molecular weight excluding hydrogens is 370 g/mol. The Morgan fingerprint density at radius 1 is 1.41 bits per heavy atom. The van der Waals surface area contributed by atoms with Crippen molar-refractivity contribution in [3.63, 3.8) is 0 Å². The molecule has 114 valence electrons. The van der Waals surface area contributed by atoms with Crippen LogP contribution in [0.3, 0.4) is 0 Å². The predicted molar refractivity (Wildman–Crippen MR) is 88.3 cm³/mol. The summed E-state index contributed by atoms with van der Waals surface area (Å²) < 4.78 is 5.35. The Kier molecular flexibility index (Phi) is 7.22. The monoisotopic (exact) mass is 381 g/mol. The first-order valence-corrected chi connectivity index (χ1v) is 7.53. The van der Waals surface area contributed by atoms with Crippen molar-refractivity contribution in [1.29, 1.82) is 5.26 Å². The molecule has 0 fully saturated rings. The highest BCUT2D eigenvalue weighted by atomic mass is 79.9. The molecule has 0 atom stereocenters. The van der Waals surface area contributed by atoms with E-state index in [-0.39, 0.29) is 10.6 Å². The summed E-state index contributed by atoms with van der Waals surface area (Å²) in [5.74, 6) is -1.41. The van der Waals surface area contributed by atoms with Crippen molar-refractivity contribution in [2.24, 2.45) is 5.73 Å². The van der Waals surface area contributed by atoms with Gasteiger partial charge < -0.3 is 15.8 Å². The Morgan fingerprint density at radius 3 is 2.55 bits per heavy atom. The van der Waals surface area contributed by atoms with Gasteiger partial charge in [-0.1, -0.05) is 27.7 Å². The van der Waals surface area contributed by atoms with Gasteiger partial charge in [0, 0.05) is 16.2 Å². The summed E-state index contributed by atoms with van der Waals surface area (Å²) in [7, 11) is 1.25. The molecule has 0 aliphatic carbocycles. The number of anilines is 1. The van der Waals surface area contributed by atoms with Gasteiger partial charge in [0.15, 0.2) is 0 Å². The Morgan fingerprint density at radius 2 is 2.05 bits per heavy atom. The second-order valence-electron chi connectivity index (χ2n) is 3.76. The third-order valence-electron chi connectivity index (χ3n) is 2.28. The van der Waals surface area contributed by atoms with E-state index >= 15 is 0 Å². The summed E-state index contributed by atoms with van der Waals surface area (Å²) in [4.78, 5) is 22.4. The van der Waals surface area contributed by atoms with Crippen LogP contribution in [0.1, 0.15) is 0 Å². The zero-order chi connectivity index (χ0) is 16.5. The molecular formula is C14H12BrN3O3S. The van der Waals surface area contributed by atoms with Crippen LogP contribution in [-0.2, 0) is 14.3 Å². The number of nitrogens with zero attached hydrogens (tertiary/aromatic N) is 1. The number of nitrogens with one attached hydrogen (secondary N) is 1. The predicted octanol–water partition coefficient (Wildman–Crippen LogP) is 2.50. The number of esters is 1. The van der Waals surface area contributed by atoms with E-state index in [4.69, 9.17) is 11.0 Å². The molecule has 22 heavy (non-hydrogen) atoms. The highest BCUT2D eigenvalue weighted by Crippen LogP contribution is 2.24. The maximum Gasteiger partial charge on any atom is 0.330 e. The average molecular weight is 382 g/mol. The molecule has 0 unspecified atom stereocenters. The number of rotatable bonds is 6. The van der Waals surface area contributed by atoms with Crippen LogP contribution in [-0.4, -0.2) is 19.0 Å². The lowest BCUT2D eigenvalue weighted by Crippen LogP contribution is -2.16. The highest BCUT2D eigenvalue weighted by molar-refractivity contribution is 9.10. The Hall–Kier alpha value is -2.24. The molecule has 1 amide bonds. The van der Waals surface area contributed by atoms with Crippen molar-refractivity contribution in [2.75, 3.05) is 12.4 Å². The zero-order valence-electron chi connectivity index (χ0n) is 11.5. The number of methoxy groups -OCH3 is 1. The molecule has 0 aliphatic rings. The molecule has 1 aromatic carbocycles. The van der Waals surface area contributed by atoms with E-state index in [1.807, 2.05) is 0 Å². The molecule has 0 aliphatic heterocycles. The van der Waals surface area contributed by atoms with E-state index in [2.05, 4.69) is 26.0 Å². The highest BCUT2D eigenvalue weighted by Gasteiger charge is 2.13. The van der Waals surface area contributed by atoms with E-state index in [0.717, 1.165) is 16.2 Å². The number of halogens is 1. The van der Waals surface area contributed by atoms with Crippen LogP contribution in [0.2, 0.25) is 0 Å². The standard InChI is InChI=1S/C14H12BrN3O3S/c1-21-12(19)6-7-22-14(11(8-16)13(17)20)18-10-4-2-9(15)3-5-10/h2-7,18H,1H3,(H2,17,20)/b7-6-,14-11-. The molecule has 3 N–H and O–H groups in total. The third kappa shape index (κ3) is 5.63. The van der Waals surface area contributed by atoms with Crippen molar-refractivity contribution in [2.45, 2.75) is 0 Å². The second kappa shape index (κ2) is 8.92. The van der Waals surface area contributed by atoms with Crippen LogP contribution >= 0.6 is 27.7 Å². The number of hydrogen-bond acceptors (Lipinski definition) is 6. The third-order valence-corrected chi connectivity index (χ3v) is 3.62. The number of nitriles is 1. The Balaban J connectivity index is 3.04. The fourth-order valence-corrected chi connectivity index (χ4v) is 2.28. The molecule has 8 heteroatoms. The first kappa shape index (κ1) is 17.8. The Bertz CT molecular complexity index is 663. The van der Waals surface area contributed by atoms with E-state index in [9.17, 15) is 9.59 Å². The molecule has 1 rings (SSSR count). The molecule has 0 radical (unpaired) electrons. The van der Waals surface area contributed by atoms with Crippen molar-refractivity contribution in [3.8, 4) is 6.07 Å². The van der Waals surface area contributed by atoms with Gasteiger partial charge in [-0.15, -0.1) is 0 Å². The van der Waals surface area contributed by atoms with E-state index in [1.54, 1.807) is 30.3 Å². The van der Waals surface area contributed by atoms with E-state index in [1.165, 1.54) is 18.6 Å². The molecule has 0 spiro atoms. The van der Waals surface area contributed by atoms with Crippen molar-refractivity contribution < 1.29 is 14.3 Å². The number of carbonyl (C=O) groups is 2. The van der Waals surface area contributed by atoms with E-state index < -0.39 is 11.9 Å². The minimum Gasteiger partial charge on any atom is -0.466 e. The van der Waals surface area contributed by atoms with Crippen LogP contribution in [0.4, 0.5) is 5.69 Å². The van der Waals surface area contributed by atoms with Gasteiger partial charge in [0.25, 0.3) is 5.91 Å². The zero-order valence-corrected chi connectivity index (χ0v) is 13.9. The number of primary amides is 1. The summed E-state index contributed by atoms with van der Waals surface area (Å²) in [6.45, 7) is 0. The average Bonchev–Trinajstić information content (AvgIpc) is 2.49. The van der Waals surface area contributed by atoms with Gasteiger partial charge in [0.05, 0.1) is 7.11 Å². The molecule has 0 aromatic heterocycles. The van der Waals surface area contributed by atoms with Gasteiger partial charge in [-0.3, -0.25) is 4.79 Å². The van der Waals surface area contributed by atoms with Crippen molar-refractivity contribution in [3.05, 3.63) is 50.8 Å².